The van der Waals surface area contributed by atoms with Gasteiger partial charge in [-0.25, -0.2) is 0 Å². The maximum atomic E-state index is 11.6. The second-order valence-electron chi connectivity index (χ2n) is 5.20. The predicted octanol–water partition coefficient (Wildman–Crippen LogP) is 0.0140. The van der Waals surface area contributed by atoms with E-state index in [0.717, 1.165) is 6.54 Å². The molecule has 1 aromatic heterocycles. The van der Waals surface area contributed by atoms with Crippen molar-refractivity contribution in [1.29, 1.82) is 0 Å². The van der Waals surface area contributed by atoms with Crippen molar-refractivity contribution in [2.75, 3.05) is 45.3 Å². The van der Waals surface area contributed by atoms with Crippen molar-refractivity contribution in [2.45, 2.75) is 20.4 Å². The summed E-state index contributed by atoms with van der Waals surface area (Å²) in [7, 11) is 3.32. The number of nitrogens with one attached hydrogen (secondary N) is 2. The molecule has 1 rings (SSSR count). The van der Waals surface area contributed by atoms with Crippen LogP contribution in [0.25, 0.3) is 0 Å². The van der Waals surface area contributed by atoms with Crippen LogP contribution in [0.4, 0.5) is 6.01 Å². The van der Waals surface area contributed by atoms with Crippen LogP contribution in [0.1, 0.15) is 19.7 Å². The molecule has 0 unspecified atom stereocenters. The van der Waals surface area contributed by atoms with Gasteiger partial charge in [-0.1, -0.05) is 18.9 Å². The lowest BCUT2D eigenvalue weighted by atomic mass is 10.2. The van der Waals surface area contributed by atoms with Gasteiger partial charge in [0.05, 0.1) is 13.2 Å². The molecule has 0 aliphatic carbocycles. The Morgan fingerprint density at radius 3 is 2.86 bits per heavy atom. The van der Waals surface area contributed by atoms with Crippen molar-refractivity contribution in [1.82, 2.24) is 20.8 Å². The molecule has 8 nitrogen and oxygen atoms in total. The van der Waals surface area contributed by atoms with Gasteiger partial charge in [0, 0.05) is 20.7 Å². The van der Waals surface area contributed by atoms with Crippen molar-refractivity contribution >= 4 is 11.9 Å². The summed E-state index contributed by atoms with van der Waals surface area (Å²) in [5, 5.41) is 13.8. The van der Waals surface area contributed by atoms with Gasteiger partial charge in [0.2, 0.25) is 11.8 Å². The van der Waals surface area contributed by atoms with Gasteiger partial charge in [0.25, 0.3) is 0 Å². The quantitative estimate of drug-likeness (QED) is 0.588. The molecule has 0 saturated carbocycles. The van der Waals surface area contributed by atoms with Gasteiger partial charge in [-0.3, -0.25) is 4.79 Å². The van der Waals surface area contributed by atoms with E-state index in [2.05, 4.69) is 34.7 Å². The third kappa shape index (κ3) is 7.05. The summed E-state index contributed by atoms with van der Waals surface area (Å²) < 4.78 is 10.4. The Morgan fingerprint density at radius 1 is 1.43 bits per heavy atom. The molecule has 2 N–H and O–H groups in total. The molecular weight excluding hydrogens is 274 g/mol. The molecule has 0 aromatic carbocycles. The van der Waals surface area contributed by atoms with E-state index in [4.69, 9.17) is 9.15 Å². The number of amides is 1. The number of likely N-dealkylation sites (N-methyl/N-ethyl adjacent to an activating group) is 1. The lowest BCUT2D eigenvalue weighted by molar-refractivity contribution is -0.119. The van der Waals surface area contributed by atoms with Gasteiger partial charge in [-0.2, -0.15) is 0 Å². The first-order chi connectivity index (χ1) is 10.0. The second kappa shape index (κ2) is 9.30. The first-order valence-corrected chi connectivity index (χ1v) is 7.02. The average molecular weight is 299 g/mol. The smallest absolute Gasteiger partial charge is 0.318 e. The zero-order chi connectivity index (χ0) is 15.7. The molecule has 0 saturated heterocycles. The molecule has 1 aromatic rings. The maximum absolute atomic E-state index is 11.6. The van der Waals surface area contributed by atoms with Crippen LogP contribution in [0.3, 0.4) is 0 Å². The van der Waals surface area contributed by atoms with E-state index >= 15 is 0 Å². The van der Waals surface area contributed by atoms with E-state index in [9.17, 15) is 4.79 Å². The van der Waals surface area contributed by atoms with Crippen molar-refractivity contribution < 1.29 is 13.9 Å². The van der Waals surface area contributed by atoms with Crippen LogP contribution in [0.15, 0.2) is 4.42 Å². The summed E-state index contributed by atoms with van der Waals surface area (Å²) in [6.45, 7) is 6.79. The van der Waals surface area contributed by atoms with E-state index in [1.165, 1.54) is 0 Å². The Kier molecular flexibility index (Phi) is 7.70. The first-order valence-electron chi connectivity index (χ1n) is 7.02. The Morgan fingerprint density at radius 2 is 2.19 bits per heavy atom. The van der Waals surface area contributed by atoms with Gasteiger partial charge in [-0.05, 0) is 12.5 Å². The first kappa shape index (κ1) is 17.4. The molecular formula is C13H25N5O3. The van der Waals surface area contributed by atoms with E-state index < -0.39 is 0 Å². The molecule has 120 valence electrons. The lowest BCUT2D eigenvalue weighted by Gasteiger charge is -2.13. The number of nitrogens with zero attached hydrogens (tertiary/aromatic N) is 3. The Balaban J connectivity index is 2.35. The standard InChI is InChI=1S/C13H25N5O3/c1-10(2)7-14-8-12-16-17-13(21-12)18(3)9-11(19)15-5-6-20-4/h10,14H,5-9H2,1-4H3,(H,15,19). The third-order valence-corrected chi connectivity index (χ3v) is 2.62. The van der Waals surface area contributed by atoms with Gasteiger partial charge < -0.3 is 24.7 Å². The molecule has 0 aliphatic heterocycles. The van der Waals surface area contributed by atoms with Crippen LogP contribution in [0.2, 0.25) is 0 Å². The van der Waals surface area contributed by atoms with E-state index in [0.29, 0.717) is 37.5 Å². The molecule has 0 fully saturated rings. The fraction of sp³-hybridized carbons (Fsp3) is 0.769. The zero-order valence-corrected chi connectivity index (χ0v) is 13.2. The molecule has 0 spiro atoms. The number of hydrogen-bond donors (Lipinski definition) is 2. The third-order valence-electron chi connectivity index (χ3n) is 2.62. The monoisotopic (exact) mass is 299 g/mol. The molecule has 0 atom stereocenters. The molecule has 21 heavy (non-hydrogen) atoms. The SMILES string of the molecule is COCCNC(=O)CN(C)c1nnc(CNCC(C)C)o1. The molecule has 1 heterocycles. The summed E-state index contributed by atoms with van der Waals surface area (Å²) in [6.07, 6.45) is 0. The molecule has 1 amide bonds. The predicted molar refractivity (Wildman–Crippen MR) is 79.0 cm³/mol. The number of rotatable bonds is 10. The highest BCUT2D eigenvalue weighted by Crippen LogP contribution is 2.09. The minimum atomic E-state index is -0.118. The van der Waals surface area contributed by atoms with Gasteiger partial charge >= 0.3 is 6.01 Å². The van der Waals surface area contributed by atoms with Crippen LogP contribution < -0.4 is 15.5 Å². The number of carbonyl (C=O) groups is 1. The van der Waals surface area contributed by atoms with Gasteiger partial charge in [0.15, 0.2) is 0 Å². The summed E-state index contributed by atoms with van der Waals surface area (Å²) in [5.74, 6) is 0.954. The highest BCUT2D eigenvalue weighted by molar-refractivity contribution is 5.80. The molecule has 0 bridgehead atoms. The van der Waals surface area contributed by atoms with Crippen LogP contribution in [-0.2, 0) is 16.1 Å². The van der Waals surface area contributed by atoms with Crippen molar-refractivity contribution in [2.24, 2.45) is 5.92 Å². The zero-order valence-electron chi connectivity index (χ0n) is 13.2. The Bertz CT molecular complexity index is 422. The number of ether oxygens (including phenoxy) is 1. The van der Waals surface area contributed by atoms with Crippen LogP contribution in [-0.4, -0.2) is 56.5 Å². The minimum Gasteiger partial charge on any atom is -0.407 e. The van der Waals surface area contributed by atoms with Crippen LogP contribution in [0, 0.1) is 5.92 Å². The van der Waals surface area contributed by atoms with Crippen molar-refractivity contribution in [3.63, 3.8) is 0 Å². The summed E-state index contributed by atoms with van der Waals surface area (Å²) in [4.78, 5) is 13.3. The molecule has 8 heteroatoms. The highest BCUT2D eigenvalue weighted by atomic mass is 16.5. The lowest BCUT2D eigenvalue weighted by Crippen LogP contribution is -2.36. The van der Waals surface area contributed by atoms with Gasteiger partial charge in [-0.15, -0.1) is 5.10 Å². The summed E-state index contributed by atoms with van der Waals surface area (Å²) in [5.41, 5.74) is 0. The summed E-state index contributed by atoms with van der Waals surface area (Å²) in [6, 6.07) is 0.332. The minimum absolute atomic E-state index is 0.118. The fourth-order valence-electron chi connectivity index (χ4n) is 1.57. The number of methoxy groups -OCH3 is 1. The number of aromatic nitrogens is 2. The van der Waals surface area contributed by atoms with Crippen LogP contribution in [0.5, 0.6) is 0 Å². The number of anilines is 1. The van der Waals surface area contributed by atoms with Crippen LogP contribution >= 0.6 is 0 Å². The van der Waals surface area contributed by atoms with Gasteiger partial charge in [0.1, 0.15) is 6.54 Å². The van der Waals surface area contributed by atoms with Crippen molar-refractivity contribution in [3.05, 3.63) is 5.89 Å². The number of hydrogen-bond acceptors (Lipinski definition) is 7. The van der Waals surface area contributed by atoms with E-state index in [1.54, 1.807) is 19.1 Å². The Hall–Kier alpha value is -1.67. The van der Waals surface area contributed by atoms with E-state index in [1.807, 2.05) is 0 Å². The maximum Gasteiger partial charge on any atom is 0.318 e. The Labute approximate surface area is 125 Å². The second-order valence-corrected chi connectivity index (χ2v) is 5.20. The topological polar surface area (TPSA) is 92.5 Å². The summed E-state index contributed by atoms with van der Waals surface area (Å²) >= 11 is 0. The van der Waals surface area contributed by atoms with Crippen molar-refractivity contribution in [3.8, 4) is 0 Å². The molecule has 0 radical (unpaired) electrons. The largest absolute Gasteiger partial charge is 0.407 e. The fourth-order valence-corrected chi connectivity index (χ4v) is 1.57. The molecule has 0 aliphatic rings. The number of carbonyl (C=O) groups excluding carboxylic acids is 1. The normalized spacial score (nSPS) is 10.9. The highest BCUT2D eigenvalue weighted by Gasteiger charge is 2.13. The average Bonchev–Trinajstić information content (AvgIpc) is 2.87. The van der Waals surface area contributed by atoms with E-state index in [-0.39, 0.29) is 12.5 Å².